The van der Waals surface area contributed by atoms with Crippen LogP contribution in [0.1, 0.15) is 12.5 Å². The summed E-state index contributed by atoms with van der Waals surface area (Å²) in [7, 11) is 1.35. The molecular formula is C7H8Cl2N2O2. The lowest BCUT2D eigenvalue weighted by Crippen LogP contribution is -2.24. The van der Waals surface area contributed by atoms with E-state index < -0.39 is 5.79 Å². The number of hydrogen-bond acceptors (Lipinski definition) is 4. The van der Waals surface area contributed by atoms with E-state index in [0.717, 1.165) is 0 Å². The average molecular weight is 223 g/mol. The highest BCUT2D eigenvalue weighted by molar-refractivity contribution is 6.31. The summed E-state index contributed by atoms with van der Waals surface area (Å²) in [6.45, 7) is 1.44. The third kappa shape index (κ3) is 2.28. The van der Waals surface area contributed by atoms with Crippen LogP contribution in [0.3, 0.4) is 0 Å². The molecule has 6 heteroatoms. The Bertz CT molecular complexity index is 317. The maximum absolute atomic E-state index is 9.67. The van der Waals surface area contributed by atoms with Gasteiger partial charge in [0.25, 0.3) is 0 Å². The van der Waals surface area contributed by atoms with E-state index in [-0.39, 0.29) is 15.9 Å². The van der Waals surface area contributed by atoms with Gasteiger partial charge in [-0.25, -0.2) is 0 Å². The zero-order chi connectivity index (χ0) is 10.1. The summed E-state index contributed by atoms with van der Waals surface area (Å²) in [4.78, 5) is 0. The summed E-state index contributed by atoms with van der Waals surface area (Å²) >= 11 is 11.3. The van der Waals surface area contributed by atoms with Gasteiger partial charge in [-0.05, 0) is 13.0 Å². The summed E-state index contributed by atoms with van der Waals surface area (Å²) in [5.41, 5.74) is 0.289. The van der Waals surface area contributed by atoms with E-state index in [1.54, 1.807) is 0 Å². The second kappa shape index (κ2) is 3.75. The van der Waals surface area contributed by atoms with Crippen molar-refractivity contribution in [1.82, 2.24) is 10.2 Å². The van der Waals surface area contributed by atoms with Crippen molar-refractivity contribution in [2.45, 2.75) is 12.7 Å². The summed E-state index contributed by atoms with van der Waals surface area (Å²) in [5.74, 6) is -1.50. The molecule has 4 nitrogen and oxygen atoms in total. The zero-order valence-electron chi connectivity index (χ0n) is 7.08. The molecule has 0 aliphatic carbocycles. The van der Waals surface area contributed by atoms with Gasteiger partial charge in [0.15, 0.2) is 16.1 Å². The highest BCUT2D eigenvalue weighted by Crippen LogP contribution is 2.27. The van der Waals surface area contributed by atoms with Crippen LogP contribution in [0.2, 0.25) is 10.3 Å². The maximum atomic E-state index is 9.67. The highest BCUT2D eigenvalue weighted by Gasteiger charge is 2.26. The molecule has 1 rings (SSSR count). The molecule has 1 atom stereocenters. The largest absolute Gasteiger partial charge is 0.362 e. The lowest BCUT2D eigenvalue weighted by molar-refractivity contribution is -0.179. The summed E-state index contributed by atoms with van der Waals surface area (Å²) in [6, 6.07) is 1.40. The minimum absolute atomic E-state index is 0.0660. The SMILES string of the molecule is CO[C@@](C)(O)c1cc(Cl)nnc1Cl. The Morgan fingerprint density at radius 1 is 1.46 bits per heavy atom. The average Bonchev–Trinajstić information content (AvgIpc) is 2.09. The van der Waals surface area contributed by atoms with Gasteiger partial charge in [-0.1, -0.05) is 23.2 Å². The molecule has 13 heavy (non-hydrogen) atoms. The van der Waals surface area contributed by atoms with E-state index in [0.29, 0.717) is 0 Å². The number of methoxy groups -OCH3 is 1. The van der Waals surface area contributed by atoms with Gasteiger partial charge in [-0.15, -0.1) is 10.2 Å². The van der Waals surface area contributed by atoms with Crippen molar-refractivity contribution in [2.24, 2.45) is 0 Å². The van der Waals surface area contributed by atoms with Crippen LogP contribution in [0.15, 0.2) is 6.07 Å². The standard InChI is InChI=1S/C7H8Cl2N2O2/c1-7(12,13-2)4-3-5(8)10-11-6(4)9/h3,12H,1-2H3/t7-/m1/s1. The Morgan fingerprint density at radius 2 is 2.08 bits per heavy atom. The number of aliphatic hydroxyl groups is 1. The fourth-order valence-electron chi connectivity index (χ4n) is 0.788. The molecule has 0 spiro atoms. The molecule has 0 saturated heterocycles. The topological polar surface area (TPSA) is 55.2 Å². The van der Waals surface area contributed by atoms with E-state index >= 15 is 0 Å². The Hall–Kier alpha value is -0.420. The number of halogens is 2. The molecular weight excluding hydrogens is 215 g/mol. The van der Waals surface area contributed by atoms with E-state index in [1.165, 1.54) is 20.1 Å². The minimum Gasteiger partial charge on any atom is -0.362 e. The molecule has 0 bridgehead atoms. The Balaban J connectivity index is 3.20. The van der Waals surface area contributed by atoms with Crippen LogP contribution in [0.5, 0.6) is 0 Å². The molecule has 0 unspecified atom stereocenters. The van der Waals surface area contributed by atoms with Gasteiger partial charge in [0.1, 0.15) is 0 Å². The van der Waals surface area contributed by atoms with Crippen molar-refractivity contribution in [3.8, 4) is 0 Å². The Morgan fingerprint density at radius 3 is 2.62 bits per heavy atom. The quantitative estimate of drug-likeness (QED) is 0.773. The van der Waals surface area contributed by atoms with Gasteiger partial charge < -0.3 is 9.84 Å². The number of hydrogen-bond donors (Lipinski definition) is 1. The number of ether oxygens (including phenoxy) is 1. The van der Waals surface area contributed by atoms with Crippen LogP contribution in [0, 0.1) is 0 Å². The van der Waals surface area contributed by atoms with Crippen LogP contribution >= 0.6 is 23.2 Å². The van der Waals surface area contributed by atoms with Crippen molar-refractivity contribution in [1.29, 1.82) is 0 Å². The minimum atomic E-state index is -1.50. The molecule has 1 N–H and O–H groups in total. The third-order valence-corrected chi connectivity index (χ3v) is 2.08. The van der Waals surface area contributed by atoms with Crippen molar-refractivity contribution >= 4 is 23.2 Å². The molecule has 0 aliphatic heterocycles. The zero-order valence-corrected chi connectivity index (χ0v) is 8.60. The summed E-state index contributed by atoms with van der Waals surface area (Å²) in [5, 5.41) is 16.9. The Labute approximate surface area is 85.4 Å². The van der Waals surface area contributed by atoms with Crippen molar-refractivity contribution in [2.75, 3.05) is 7.11 Å². The second-order valence-electron chi connectivity index (χ2n) is 2.56. The molecule has 0 fully saturated rings. The van der Waals surface area contributed by atoms with E-state index in [4.69, 9.17) is 27.9 Å². The molecule has 0 aliphatic rings. The van der Waals surface area contributed by atoms with Gasteiger partial charge in [-0.3, -0.25) is 0 Å². The van der Waals surface area contributed by atoms with Crippen LogP contribution in [-0.2, 0) is 10.5 Å². The third-order valence-electron chi connectivity index (χ3n) is 1.62. The first-order chi connectivity index (χ1) is 5.97. The molecule has 0 aromatic carbocycles. The van der Waals surface area contributed by atoms with E-state index in [2.05, 4.69) is 10.2 Å². The molecule has 1 aromatic rings. The first kappa shape index (κ1) is 10.7. The highest BCUT2D eigenvalue weighted by atomic mass is 35.5. The number of nitrogens with zero attached hydrogens (tertiary/aromatic N) is 2. The van der Waals surface area contributed by atoms with Gasteiger partial charge in [0.2, 0.25) is 0 Å². The first-order valence-corrected chi connectivity index (χ1v) is 4.19. The van der Waals surface area contributed by atoms with Crippen LogP contribution in [0.4, 0.5) is 0 Å². The predicted molar refractivity (Wildman–Crippen MR) is 48.6 cm³/mol. The fourth-order valence-corrected chi connectivity index (χ4v) is 1.20. The number of aromatic nitrogens is 2. The lowest BCUT2D eigenvalue weighted by atomic mass is 10.1. The normalized spacial score (nSPS) is 15.5. The van der Waals surface area contributed by atoms with Gasteiger partial charge in [0, 0.05) is 7.11 Å². The lowest BCUT2D eigenvalue weighted by Gasteiger charge is -2.21. The van der Waals surface area contributed by atoms with Gasteiger partial charge >= 0.3 is 0 Å². The second-order valence-corrected chi connectivity index (χ2v) is 3.30. The molecule has 0 radical (unpaired) electrons. The molecule has 0 saturated carbocycles. The van der Waals surface area contributed by atoms with Crippen LogP contribution in [0.25, 0.3) is 0 Å². The van der Waals surface area contributed by atoms with E-state index in [1.807, 2.05) is 0 Å². The van der Waals surface area contributed by atoms with Crippen LogP contribution < -0.4 is 0 Å². The summed E-state index contributed by atoms with van der Waals surface area (Å²) < 4.78 is 4.80. The fraction of sp³-hybridized carbons (Fsp3) is 0.429. The van der Waals surface area contributed by atoms with Gasteiger partial charge in [-0.2, -0.15) is 0 Å². The van der Waals surface area contributed by atoms with Crippen molar-refractivity contribution in [3.05, 3.63) is 21.9 Å². The van der Waals surface area contributed by atoms with Crippen molar-refractivity contribution < 1.29 is 9.84 Å². The van der Waals surface area contributed by atoms with Gasteiger partial charge in [0.05, 0.1) is 5.56 Å². The number of rotatable bonds is 2. The van der Waals surface area contributed by atoms with E-state index in [9.17, 15) is 5.11 Å². The predicted octanol–water partition coefficient (Wildman–Crippen LogP) is 1.59. The Kier molecular flexibility index (Phi) is 3.08. The monoisotopic (exact) mass is 222 g/mol. The maximum Gasteiger partial charge on any atom is 0.192 e. The first-order valence-electron chi connectivity index (χ1n) is 3.44. The summed E-state index contributed by atoms with van der Waals surface area (Å²) in [6.07, 6.45) is 0. The van der Waals surface area contributed by atoms with Crippen molar-refractivity contribution in [3.63, 3.8) is 0 Å². The smallest absolute Gasteiger partial charge is 0.192 e. The molecule has 0 amide bonds. The molecule has 1 heterocycles. The molecule has 1 aromatic heterocycles. The van der Waals surface area contributed by atoms with Crippen LogP contribution in [-0.4, -0.2) is 22.4 Å². The molecule has 72 valence electrons.